The van der Waals surface area contributed by atoms with Gasteiger partial charge in [-0.25, -0.2) is 0 Å². The van der Waals surface area contributed by atoms with Crippen LogP contribution in [0.25, 0.3) is 0 Å². The van der Waals surface area contributed by atoms with Gasteiger partial charge >= 0.3 is 10.1 Å². The predicted octanol–water partition coefficient (Wildman–Crippen LogP) is 0.474. The molecular weight excluding hydrogens is 472 g/mol. The molecule has 2 aromatic carbocycles. The topological polar surface area (TPSA) is 166 Å². The molecule has 0 aromatic heterocycles. The number of nitrogens with zero attached hydrogens (tertiary/aromatic N) is 2. The molecule has 1 fully saturated rings. The third-order valence-corrected chi connectivity index (χ3v) is 6.34. The molecule has 11 nitrogen and oxygen atoms in total. The molecule has 1 saturated heterocycles. The number of hydrogen-bond acceptors (Lipinski definition) is 10. The Bertz CT molecular complexity index is 1240. The van der Waals surface area contributed by atoms with Gasteiger partial charge in [0.05, 0.1) is 11.5 Å². The van der Waals surface area contributed by atoms with Gasteiger partial charge < -0.3 is 24.7 Å². The summed E-state index contributed by atoms with van der Waals surface area (Å²) in [5.74, 6) is -2.08. The second-order valence-electron chi connectivity index (χ2n) is 6.64. The van der Waals surface area contributed by atoms with Gasteiger partial charge in [-0.15, -0.1) is 5.10 Å². The lowest BCUT2D eigenvalue weighted by atomic mass is 10.2. The van der Waals surface area contributed by atoms with E-state index in [9.17, 15) is 27.9 Å². The lowest BCUT2D eigenvalue weighted by Gasteiger charge is -2.08. The molecule has 0 unspecified atom stereocenters. The lowest BCUT2D eigenvalue weighted by molar-refractivity contribution is -0.305. The predicted molar refractivity (Wildman–Crippen MR) is 119 cm³/mol. The summed E-state index contributed by atoms with van der Waals surface area (Å²) in [6, 6.07) is 11.6. The summed E-state index contributed by atoms with van der Waals surface area (Å²) in [4.78, 5) is 33.3. The standard InChI is InChI=1S/C20H18N4O7S2/c1-12(25)22-14-5-7-16(8-6-14)33(29,30)31-15-4-2-3-13(9-15)11-21-24-20-23-19(28)17(32-20)10-18(26)27/h2-9,11,17H,10H2,1H3,(H,22,25)(H,26,27)(H,23,24,28)/p-1/b21-11-/t17-/m1/s1. The number of carbonyl (C=O) groups is 3. The molecule has 0 saturated carbocycles. The van der Waals surface area contributed by atoms with Crippen molar-refractivity contribution in [1.29, 1.82) is 0 Å². The van der Waals surface area contributed by atoms with Gasteiger partial charge in [-0.3, -0.25) is 9.59 Å². The van der Waals surface area contributed by atoms with Crippen LogP contribution in [-0.2, 0) is 24.5 Å². The number of benzene rings is 2. The van der Waals surface area contributed by atoms with Crippen LogP contribution in [0.2, 0.25) is 0 Å². The molecule has 2 amide bonds. The fourth-order valence-electron chi connectivity index (χ4n) is 2.62. The van der Waals surface area contributed by atoms with E-state index in [-0.39, 0.29) is 21.7 Å². The van der Waals surface area contributed by atoms with Crippen LogP contribution in [0.5, 0.6) is 5.75 Å². The third kappa shape index (κ3) is 6.89. The molecule has 1 heterocycles. The summed E-state index contributed by atoms with van der Waals surface area (Å²) in [7, 11) is -4.12. The van der Waals surface area contributed by atoms with Crippen molar-refractivity contribution in [2.75, 3.05) is 5.32 Å². The van der Waals surface area contributed by atoms with Gasteiger partial charge in [0.2, 0.25) is 11.8 Å². The Kier molecular flexibility index (Phi) is 7.45. The third-order valence-electron chi connectivity index (χ3n) is 4.01. The van der Waals surface area contributed by atoms with E-state index in [2.05, 4.69) is 20.8 Å². The number of carboxylic acids is 1. The molecule has 1 aliphatic rings. The molecular formula is C20H17N4O7S2-. The zero-order valence-electron chi connectivity index (χ0n) is 17.0. The van der Waals surface area contributed by atoms with Gasteiger partial charge in [-0.05, 0) is 42.0 Å². The Morgan fingerprint density at radius 1 is 1.24 bits per heavy atom. The van der Waals surface area contributed by atoms with E-state index >= 15 is 0 Å². The van der Waals surface area contributed by atoms with Gasteiger partial charge in [-0.2, -0.15) is 13.5 Å². The number of carbonyl (C=O) groups excluding carboxylic acids is 3. The molecule has 2 N–H and O–H groups in total. The summed E-state index contributed by atoms with van der Waals surface area (Å²) in [6.07, 6.45) is 0.872. The molecule has 0 radical (unpaired) electrons. The minimum atomic E-state index is -4.12. The first-order chi connectivity index (χ1) is 15.6. The van der Waals surface area contributed by atoms with Crippen LogP contribution in [0.4, 0.5) is 5.69 Å². The van der Waals surface area contributed by atoms with E-state index in [1.54, 1.807) is 12.1 Å². The number of amides is 2. The lowest BCUT2D eigenvalue weighted by Crippen LogP contribution is -2.31. The quantitative estimate of drug-likeness (QED) is 0.307. The highest BCUT2D eigenvalue weighted by molar-refractivity contribution is 8.15. The van der Waals surface area contributed by atoms with Crippen LogP contribution in [0.1, 0.15) is 18.9 Å². The molecule has 1 atom stereocenters. The number of nitrogens with one attached hydrogen (secondary N) is 2. The van der Waals surface area contributed by atoms with Gasteiger partial charge in [0.15, 0.2) is 5.17 Å². The zero-order chi connectivity index (χ0) is 24.0. The van der Waals surface area contributed by atoms with Crippen LogP contribution >= 0.6 is 11.8 Å². The first kappa shape index (κ1) is 23.9. The summed E-state index contributed by atoms with van der Waals surface area (Å²) in [5, 5.41) is 22.5. The number of aliphatic carboxylic acids is 1. The molecule has 13 heteroatoms. The Hall–Kier alpha value is -3.71. The van der Waals surface area contributed by atoms with E-state index in [1.807, 2.05) is 0 Å². The van der Waals surface area contributed by atoms with Gasteiger partial charge in [-0.1, -0.05) is 23.9 Å². The first-order valence-corrected chi connectivity index (χ1v) is 11.6. The summed E-state index contributed by atoms with van der Waals surface area (Å²) in [5.41, 5.74) is 0.914. The SMILES string of the molecule is CC(=O)Nc1ccc(S(=O)(=O)Oc2cccc(/C=N\N=C3\NC(=O)[C@@H](CC(=O)[O-])S3)c2)cc1. The average Bonchev–Trinajstić information content (AvgIpc) is 3.06. The second-order valence-corrected chi connectivity index (χ2v) is 9.37. The highest BCUT2D eigenvalue weighted by Crippen LogP contribution is 2.23. The van der Waals surface area contributed by atoms with E-state index in [0.717, 1.165) is 11.8 Å². The van der Waals surface area contributed by atoms with Crippen LogP contribution in [0, 0.1) is 0 Å². The maximum atomic E-state index is 12.5. The van der Waals surface area contributed by atoms with Crippen LogP contribution in [-0.4, -0.2) is 42.8 Å². The molecule has 0 bridgehead atoms. The number of rotatable bonds is 8. The highest BCUT2D eigenvalue weighted by Gasteiger charge is 2.30. The maximum Gasteiger partial charge on any atom is 0.339 e. The smallest absolute Gasteiger partial charge is 0.339 e. The summed E-state index contributed by atoms with van der Waals surface area (Å²) < 4.78 is 30.2. The van der Waals surface area contributed by atoms with E-state index in [0.29, 0.717) is 11.3 Å². The fraction of sp³-hybridized carbons (Fsp3) is 0.150. The van der Waals surface area contributed by atoms with Crippen molar-refractivity contribution < 1.29 is 32.1 Å². The normalized spacial score (nSPS) is 17.2. The largest absolute Gasteiger partial charge is 0.550 e. The average molecular weight is 490 g/mol. The van der Waals surface area contributed by atoms with Gasteiger partial charge in [0.25, 0.3) is 0 Å². The summed E-state index contributed by atoms with van der Waals surface area (Å²) in [6.45, 7) is 1.34. The Balaban J connectivity index is 1.66. The molecule has 1 aliphatic heterocycles. The number of carboxylic acid groups (broad SMARTS) is 1. The van der Waals surface area contributed by atoms with Crippen molar-refractivity contribution in [2.45, 2.75) is 23.5 Å². The molecule has 2 aromatic rings. The van der Waals surface area contributed by atoms with E-state index < -0.39 is 33.7 Å². The minimum absolute atomic E-state index is 0.0371. The van der Waals surface area contributed by atoms with Crippen molar-refractivity contribution in [2.24, 2.45) is 10.2 Å². The second kappa shape index (κ2) is 10.3. The van der Waals surface area contributed by atoms with Crippen molar-refractivity contribution in [3.05, 3.63) is 54.1 Å². The molecule has 33 heavy (non-hydrogen) atoms. The van der Waals surface area contributed by atoms with Crippen molar-refractivity contribution in [3.8, 4) is 5.75 Å². The van der Waals surface area contributed by atoms with Crippen LogP contribution < -0.4 is 19.9 Å². The number of hydrogen-bond donors (Lipinski definition) is 2. The van der Waals surface area contributed by atoms with Crippen molar-refractivity contribution >= 4 is 56.7 Å². The van der Waals surface area contributed by atoms with Crippen LogP contribution in [0.15, 0.2) is 63.6 Å². The highest BCUT2D eigenvalue weighted by atomic mass is 32.2. The summed E-state index contributed by atoms with van der Waals surface area (Å²) >= 11 is 0.923. The number of amidine groups is 1. The molecule has 0 spiro atoms. The maximum absolute atomic E-state index is 12.5. The molecule has 172 valence electrons. The van der Waals surface area contributed by atoms with Crippen molar-refractivity contribution in [3.63, 3.8) is 0 Å². The minimum Gasteiger partial charge on any atom is -0.550 e. The Morgan fingerprint density at radius 2 is 1.97 bits per heavy atom. The molecule has 0 aliphatic carbocycles. The number of anilines is 1. The van der Waals surface area contributed by atoms with E-state index in [1.165, 1.54) is 49.5 Å². The number of thioether (sulfide) groups is 1. The van der Waals surface area contributed by atoms with Gasteiger partial charge in [0.1, 0.15) is 10.6 Å². The first-order valence-electron chi connectivity index (χ1n) is 9.33. The van der Waals surface area contributed by atoms with Crippen LogP contribution in [0.3, 0.4) is 0 Å². The zero-order valence-corrected chi connectivity index (χ0v) is 18.7. The Morgan fingerprint density at radius 3 is 2.64 bits per heavy atom. The van der Waals surface area contributed by atoms with Crippen molar-refractivity contribution in [1.82, 2.24) is 5.32 Å². The molecule has 3 rings (SSSR count). The van der Waals surface area contributed by atoms with E-state index in [4.69, 9.17) is 4.18 Å². The Labute approximate surface area is 193 Å². The monoisotopic (exact) mass is 489 g/mol. The van der Waals surface area contributed by atoms with Gasteiger partial charge in [0, 0.05) is 25.0 Å². The fourth-order valence-corrected chi connectivity index (χ4v) is 4.45.